The van der Waals surface area contributed by atoms with Gasteiger partial charge in [-0.15, -0.1) is 0 Å². The lowest BCUT2D eigenvalue weighted by molar-refractivity contribution is -0.123. The molecule has 0 aliphatic rings. The molecule has 5 nitrogen and oxygen atoms in total. The molecule has 0 aliphatic carbocycles. The summed E-state index contributed by atoms with van der Waals surface area (Å²) in [7, 11) is 0. The van der Waals surface area contributed by atoms with Crippen LogP contribution in [0, 0.1) is 0 Å². The SMILES string of the molecule is CCC(C)NC(=O)C(C)NC(=O)Nc1ccccc1SC(F)F. The van der Waals surface area contributed by atoms with E-state index >= 15 is 0 Å². The molecule has 0 bridgehead atoms. The molecule has 0 saturated carbocycles. The number of thioether (sulfide) groups is 1. The van der Waals surface area contributed by atoms with Crippen molar-refractivity contribution >= 4 is 29.4 Å². The molecule has 0 fully saturated rings. The molecular formula is C15H21F2N3O2S. The van der Waals surface area contributed by atoms with Crippen LogP contribution in [-0.2, 0) is 4.79 Å². The molecule has 0 heterocycles. The van der Waals surface area contributed by atoms with Crippen LogP contribution in [0.2, 0.25) is 0 Å². The average molecular weight is 345 g/mol. The zero-order valence-electron chi connectivity index (χ0n) is 13.2. The molecule has 1 aromatic carbocycles. The van der Waals surface area contributed by atoms with Gasteiger partial charge in [0.05, 0.1) is 5.69 Å². The summed E-state index contributed by atoms with van der Waals surface area (Å²) >= 11 is 0.349. The zero-order chi connectivity index (χ0) is 17.4. The van der Waals surface area contributed by atoms with Gasteiger partial charge >= 0.3 is 6.03 Å². The summed E-state index contributed by atoms with van der Waals surface area (Å²) < 4.78 is 25.0. The maximum absolute atomic E-state index is 12.5. The molecule has 8 heteroatoms. The number of nitrogens with one attached hydrogen (secondary N) is 3. The second-order valence-corrected chi connectivity index (χ2v) is 6.04. The highest BCUT2D eigenvalue weighted by molar-refractivity contribution is 7.99. The van der Waals surface area contributed by atoms with Gasteiger partial charge in [0.2, 0.25) is 5.91 Å². The van der Waals surface area contributed by atoms with Crippen molar-refractivity contribution in [2.24, 2.45) is 0 Å². The fraction of sp³-hybridized carbons (Fsp3) is 0.467. The number of rotatable bonds is 7. The molecule has 1 rings (SSSR count). The minimum Gasteiger partial charge on any atom is -0.352 e. The summed E-state index contributed by atoms with van der Waals surface area (Å²) in [6.45, 7) is 5.35. The van der Waals surface area contributed by atoms with Crippen molar-refractivity contribution < 1.29 is 18.4 Å². The van der Waals surface area contributed by atoms with E-state index in [1.807, 2.05) is 13.8 Å². The second kappa shape index (κ2) is 9.34. The van der Waals surface area contributed by atoms with Crippen LogP contribution >= 0.6 is 11.8 Å². The standard InChI is InChI=1S/C15H21F2N3O2S/c1-4-9(2)18-13(21)10(3)19-15(22)20-11-7-5-6-8-12(11)23-14(16)17/h5-10,14H,4H2,1-3H3,(H,18,21)(H2,19,20,22). The summed E-state index contributed by atoms with van der Waals surface area (Å²) in [5.41, 5.74) is 0.268. The Hall–Kier alpha value is -1.83. The number of amides is 3. The second-order valence-electron chi connectivity index (χ2n) is 5.01. The Labute approximate surface area is 138 Å². The van der Waals surface area contributed by atoms with Crippen LogP contribution in [0.15, 0.2) is 29.2 Å². The van der Waals surface area contributed by atoms with Crippen LogP contribution in [-0.4, -0.2) is 29.8 Å². The van der Waals surface area contributed by atoms with E-state index < -0.39 is 17.8 Å². The van der Waals surface area contributed by atoms with Crippen molar-refractivity contribution in [2.45, 2.75) is 49.9 Å². The summed E-state index contributed by atoms with van der Waals surface area (Å²) in [6.07, 6.45) is 0.781. The number of halogens is 2. The van der Waals surface area contributed by atoms with Crippen molar-refractivity contribution in [1.29, 1.82) is 0 Å². The van der Waals surface area contributed by atoms with E-state index in [9.17, 15) is 18.4 Å². The van der Waals surface area contributed by atoms with E-state index in [4.69, 9.17) is 0 Å². The molecule has 3 amide bonds. The molecule has 23 heavy (non-hydrogen) atoms. The van der Waals surface area contributed by atoms with Gasteiger partial charge in [-0.25, -0.2) is 4.79 Å². The Morgan fingerprint density at radius 3 is 2.43 bits per heavy atom. The van der Waals surface area contributed by atoms with Gasteiger partial charge in [0.1, 0.15) is 6.04 Å². The molecular weight excluding hydrogens is 324 g/mol. The highest BCUT2D eigenvalue weighted by atomic mass is 32.2. The summed E-state index contributed by atoms with van der Waals surface area (Å²) in [5.74, 6) is -2.88. The first-order valence-electron chi connectivity index (χ1n) is 7.25. The van der Waals surface area contributed by atoms with Crippen LogP contribution in [0.1, 0.15) is 27.2 Å². The molecule has 0 aromatic heterocycles. The van der Waals surface area contributed by atoms with E-state index in [1.165, 1.54) is 12.1 Å². The quantitative estimate of drug-likeness (QED) is 0.663. The normalized spacial score (nSPS) is 13.3. The van der Waals surface area contributed by atoms with Crippen LogP contribution in [0.4, 0.5) is 19.3 Å². The van der Waals surface area contributed by atoms with E-state index in [0.29, 0.717) is 11.8 Å². The summed E-state index contributed by atoms with van der Waals surface area (Å²) in [4.78, 5) is 24.0. The lowest BCUT2D eigenvalue weighted by Crippen LogP contribution is -2.48. The topological polar surface area (TPSA) is 70.2 Å². The van der Waals surface area contributed by atoms with Crippen LogP contribution < -0.4 is 16.0 Å². The van der Waals surface area contributed by atoms with E-state index in [-0.39, 0.29) is 22.5 Å². The van der Waals surface area contributed by atoms with E-state index in [2.05, 4.69) is 16.0 Å². The van der Waals surface area contributed by atoms with Crippen LogP contribution in [0.25, 0.3) is 0 Å². The molecule has 0 spiro atoms. The number of urea groups is 1. The smallest absolute Gasteiger partial charge is 0.319 e. The number of carbonyl (C=O) groups excluding carboxylic acids is 2. The summed E-state index contributed by atoms with van der Waals surface area (Å²) in [6, 6.07) is 4.90. The van der Waals surface area contributed by atoms with Gasteiger partial charge in [-0.1, -0.05) is 30.8 Å². The van der Waals surface area contributed by atoms with Crippen molar-refractivity contribution in [3.63, 3.8) is 0 Å². The van der Waals surface area contributed by atoms with Gasteiger partial charge in [-0.05, 0) is 32.4 Å². The lowest BCUT2D eigenvalue weighted by atomic mass is 10.2. The fourth-order valence-corrected chi connectivity index (χ4v) is 2.25. The van der Waals surface area contributed by atoms with Crippen LogP contribution in [0.3, 0.4) is 0 Å². The fourth-order valence-electron chi connectivity index (χ4n) is 1.66. The predicted octanol–water partition coefficient (Wildman–Crippen LogP) is 3.43. The number of hydrogen-bond donors (Lipinski definition) is 3. The third-order valence-corrected chi connectivity index (χ3v) is 3.88. The van der Waals surface area contributed by atoms with Gasteiger partial charge in [0.15, 0.2) is 0 Å². The summed E-state index contributed by atoms with van der Waals surface area (Å²) in [5, 5.41) is 7.72. The number of benzene rings is 1. The molecule has 0 radical (unpaired) electrons. The van der Waals surface area contributed by atoms with Crippen LogP contribution in [0.5, 0.6) is 0 Å². The molecule has 0 aliphatic heterocycles. The largest absolute Gasteiger partial charge is 0.352 e. The number of anilines is 1. The Balaban J connectivity index is 2.61. The molecule has 3 N–H and O–H groups in total. The third kappa shape index (κ3) is 6.85. The zero-order valence-corrected chi connectivity index (χ0v) is 14.0. The highest BCUT2D eigenvalue weighted by Crippen LogP contribution is 2.31. The maximum atomic E-state index is 12.5. The minimum atomic E-state index is -2.58. The molecule has 1 aromatic rings. The molecule has 2 unspecified atom stereocenters. The van der Waals surface area contributed by atoms with E-state index in [0.717, 1.165) is 6.42 Å². The van der Waals surface area contributed by atoms with Gasteiger partial charge in [0.25, 0.3) is 5.76 Å². The number of hydrogen-bond acceptors (Lipinski definition) is 3. The maximum Gasteiger partial charge on any atom is 0.319 e. The van der Waals surface area contributed by atoms with Crippen molar-refractivity contribution in [3.8, 4) is 0 Å². The van der Waals surface area contributed by atoms with E-state index in [1.54, 1.807) is 19.1 Å². The number of para-hydroxylation sites is 1. The monoisotopic (exact) mass is 345 g/mol. The predicted molar refractivity (Wildman–Crippen MR) is 87.8 cm³/mol. The lowest BCUT2D eigenvalue weighted by Gasteiger charge is -2.18. The first kappa shape index (κ1) is 19.2. The van der Waals surface area contributed by atoms with Gasteiger partial charge < -0.3 is 16.0 Å². The first-order valence-corrected chi connectivity index (χ1v) is 8.13. The van der Waals surface area contributed by atoms with Gasteiger partial charge in [0, 0.05) is 10.9 Å². The first-order chi connectivity index (χ1) is 10.8. The highest BCUT2D eigenvalue weighted by Gasteiger charge is 2.18. The van der Waals surface area contributed by atoms with Gasteiger partial charge in [-0.3, -0.25) is 4.79 Å². The Morgan fingerprint density at radius 2 is 1.83 bits per heavy atom. The van der Waals surface area contributed by atoms with Gasteiger partial charge in [-0.2, -0.15) is 8.78 Å². The molecule has 128 valence electrons. The number of alkyl halides is 2. The van der Waals surface area contributed by atoms with Crippen molar-refractivity contribution in [1.82, 2.24) is 10.6 Å². The minimum absolute atomic E-state index is 0.0120. The van der Waals surface area contributed by atoms with Crippen molar-refractivity contribution in [2.75, 3.05) is 5.32 Å². The molecule has 2 atom stereocenters. The van der Waals surface area contributed by atoms with Crippen molar-refractivity contribution in [3.05, 3.63) is 24.3 Å². The Kier molecular flexibility index (Phi) is 7.80. The Bertz CT molecular complexity index is 543. The Morgan fingerprint density at radius 1 is 1.17 bits per heavy atom. The average Bonchev–Trinajstić information content (AvgIpc) is 2.48. The molecule has 0 saturated heterocycles. The third-order valence-electron chi connectivity index (χ3n) is 3.09. The number of carbonyl (C=O) groups is 2.